The van der Waals surface area contributed by atoms with Gasteiger partial charge < -0.3 is 10.2 Å². The molecule has 48 heavy (non-hydrogen) atoms. The Morgan fingerprint density at radius 1 is 0.521 bits per heavy atom. The van der Waals surface area contributed by atoms with Gasteiger partial charge in [-0.2, -0.15) is 16.8 Å². The first-order valence-electron chi connectivity index (χ1n) is 14.9. The Hall–Kier alpha value is -3.54. The molecule has 4 aromatic rings. The van der Waals surface area contributed by atoms with Crippen LogP contribution in [0.2, 0.25) is 0 Å². The van der Waals surface area contributed by atoms with Gasteiger partial charge in [-0.15, -0.1) is 0 Å². The van der Waals surface area contributed by atoms with E-state index in [2.05, 4.69) is 0 Å². The number of aliphatic hydroxyl groups is 2. The van der Waals surface area contributed by atoms with Gasteiger partial charge in [-0.25, -0.2) is 19.6 Å². The Bertz CT molecular complexity index is 1620. The summed E-state index contributed by atoms with van der Waals surface area (Å²) >= 11 is 0. The van der Waals surface area contributed by atoms with Crippen molar-refractivity contribution in [2.45, 2.75) is 61.3 Å². The second-order valence-corrected chi connectivity index (χ2v) is 14.1. The molecule has 0 fully saturated rings. The van der Waals surface area contributed by atoms with Gasteiger partial charge in [0.1, 0.15) is 25.4 Å². The summed E-state index contributed by atoms with van der Waals surface area (Å²) in [4.78, 5) is 21.5. The molecule has 0 saturated heterocycles. The first kappa shape index (κ1) is 37.3. The highest BCUT2D eigenvalue weighted by Gasteiger charge is 2.40. The summed E-state index contributed by atoms with van der Waals surface area (Å²) in [6.07, 6.45) is -7.04. The minimum atomic E-state index is -4.33. The van der Waals surface area contributed by atoms with Crippen LogP contribution in [0.15, 0.2) is 119 Å². The van der Waals surface area contributed by atoms with Gasteiger partial charge in [-0.1, -0.05) is 96.1 Å². The molecule has 0 heterocycles. The normalized spacial score (nSPS) is 14.7. The van der Waals surface area contributed by atoms with Crippen molar-refractivity contribution in [3.63, 3.8) is 0 Å². The predicted octanol–water partition coefficient (Wildman–Crippen LogP) is 4.17. The molecule has 4 rings (SSSR count). The molecule has 0 unspecified atom stereocenters. The third-order valence-corrected chi connectivity index (χ3v) is 9.58. The van der Waals surface area contributed by atoms with E-state index < -0.39 is 57.9 Å². The molecule has 0 aliphatic heterocycles. The molecule has 0 spiro atoms. The maximum absolute atomic E-state index is 12.9. The molecule has 0 bridgehead atoms. The van der Waals surface area contributed by atoms with E-state index in [4.69, 9.17) is 27.9 Å². The molecule has 0 aromatic heterocycles. The van der Waals surface area contributed by atoms with Crippen LogP contribution in [0.5, 0.6) is 0 Å². The van der Waals surface area contributed by atoms with E-state index in [9.17, 15) is 27.0 Å². The number of benzene rings is 4. The number of rotatable bonds is 19. The second kappa shape index (κ2) is 17.7. The van der Waals surface area contributed by atoms with E-state index in [0.29, 0.717) is 11.1 Å². The number of hydrogen-bond acceptors (Lipinski definition) is 12. The average molecular weight is 703 g/mol. The van der Waals surface area contributed by atoms with Gasteiger partial charge in [-0.3, -0.25) is 8.37 Å². The van der Waals surface area contributed by atoms with Crippen molar-refractivity contribution < 1.29 is 55.0 Å². The van der Waals surface area contributed by atoms with Crippen LogP contribution < -0.4 is 0 Å². The highest BCUT2D eigenvalue weighted by atomic mass is 32.2. The van der Waals surface area contributed by atoms with Crippen LogP contribution in [0.4, 0.5) is 0 Å². The molecule has 0 amide bonds. The Morgan fingerprint density at radius 3 is 1.19 bits per heavy atom. The minimum Gasteiger partial charge on any atom is -0.388 e. The molecule has 0 aliphatic rings. The van der Waals surface area contributed by atoms with Crippen molar-refractivity contribution in [2.75, 3.05) is 13.2 Å². The van der Waals surface area contributed by atoms with Crippen molar-refractivity contribution in [2.24, 2.45) is 0 Å². The van der Waals surface area contributed by atoms with E-state index in [1.807, 2.05) is 0 Å². The van der Waals surface area contributed by atoms with Gasteiger partial charge >= 0.3 is 0 Å². The maximum atomic E-state index is 12.9. The fraction of sp³-hybridized carbons (Fsp3) is 0.294. The Kier molecular flexibility index (Phi) is 13.8. The lowest BCUT2D eigenvalue weighted by Gasteiger charge is -2.31. The van der Waals surface area contributed by atoms with Crippen LogP contribution in [0.3, 0.4) is 0 Å². The third-order valence-electron chi connectivity index (χ3n) is 6.98. The van der Waals surface area contributed by atoms with Crippen molar-refractivity contribution in [3.8, 4) is 0 Å². The molecule has 0 saturated carbocycles. The summed E-state index contributed by atoms with van der Waals surface area (Å²) in [6, 6.07) is 29.5. The quantitative estimate of drug-likeness (QED) is 0.0816. The molecule has 12 nitrogen and oxygen atoms in total. The highest BCUT2D eigenvalue weighted by Crippen LogP contribution is 2.21. The largest absolute Gasteiger partial charge is 0.388 e. The number of aliphatic hydroxyl groups excluding tert-OH is 2. The first-order valence-corrected chi connectivity index (χ1v) is 17.7. The van der Waals surface area contributed by atoms with Gasteiger partial charge in [0.15, 0.2) is 12.2 Å². The van der Waals surface area contributed by atoms with Gasteiger partial charge in [0, 0.05) is 0 Å². The van der Waals surface area contributed by atoms with Gasteiger partial charge in [0.05, 0.1) is 23.0 Å². The van der Waals surface area contributed by atoms with Crippen molar-refractivity contribution in [1.29, 1.82) is 0 Å². The SMILES string of the molecule is Cc1ccc(S(=O)(=O)OC[C@@H](O)[C@@H](OOCc2ccccc2)[C@H](OOCc2ccccc2)[C@H](O)COS(=O)(=O)c2ccc(C)cc2)cc1. The summed E-state index contributed by atoms with van der Waals surface area (Å²) < 4.78 is 61.8. The standard InChI is InChI=1S/C34H38O12S2/c1-25-13-17-29(18-14-25)47(37,38)43-23-31(35)33(45-41-21-27-9-5-3-6-10-27)34(46-42-22-28-11-7-4-8-12-28)32(36)24-44-48(39,40)30-19-15-26(2)16-20-30/h3-20,31-36H,21-24H2,1-2H3/t31-,32-,33-,34-/m1/s1. The van der Waals surface area contributed by atoms with Gasteiger partial charge in [0.25, 0.3) is 20.2 Å². The molecule has 0 aliphatic carbocycles. The highest BCUT2D eigenvalue weighted by molar-refractivity contribution is 7.87. The van der Waals surface area contributed by atoms with Crippen LogP contribution in [-0.2, 0) is 61.4 Å². The lowest BCUT2D eigenvalue weighted by Crippen LogP contribution is -2.51. The molecule has 4 atom stereocenters. The third kappa shape index (κ3) is 11.3. The monoisotopic (exact) mass is 702 g/mol. The zero-order valence-corrected chi connectivity index (χ0v) is 28.0. The van der Waals surface area contributed by atoms with Crippen LogP contribution in [0.25, 0.3) is 0 Å². The average Bonchev–Trinajstić information content (AvgIpc) is 3.08. The van der Waals surface area contributed by atoms with Crippen LogP contribution in [-0.4, -0.2) is 64.7 Å². The molecular formula is C34H38O12S2. The fourth-order valence-corrected chi connectivity index (χ4v) is 6.09. The van der Waals surface area contributed by atoms with Crippen molar-refractivity contribution >= 4 is 20.2 Å². The fourth-order valence-electron chi connectivity index (χ4n) is 4.24. The maximum Gasteiger partial charge on any atom is 0.297 e. The Balaban J connectivity index is 1.55. The van der Waals surface area contributed by atoms with Crippen LogP contribution in [0, 0.1) is 13.8 Å². The zero-order valence-electron chi connectivity index (χ0n) is 26.3. The van der Waals surface area contributed by atoms with Gasteiger partial charge in [-0.05, 0) is 49.2 Å². The van der Waals surface area contributed by atoms with E-state index in [1.165, 1.54) is 24.3 Å². The Labute approximate surface area is 280 Å². The smallest absolute Gasteiger partial charge is 0.297 e. The summed E-state index contributed by atoms with van der Waals surface area (Å²) in [5, 5.41) is 22.5. The molecule has 14 heteroatoms. The molecular weight excluding hydrogens is 664 g/mol. The van der Waals surface area contributed by atoms with Gasteiger partial charge in [0.2, 0.25) is 0 Å². The zero-order chi connectivity index (χ0) is 34.6. The predicted molar refractivity (Wildman–Crippen MR) is 173 cm³/mol. The summed E-state index contributed by atoms with van der Waals surface area (Å²) in [5.41, 5.74) is 3.04. The molecule has 258 valence electrons. The summed E-state index contributed by atoms with van der Waals surface area (Å²) in [5.74, 6) is 0. The number of aryl methyl sites for hydroxylation is 2. The number of hydrogen-bond donors (Lipinski definition) is 2. The van der Waals surface area contributed by atoms with Crippen molar-refractivity contribution in [1.82, 2.24) is 0 Å². The molecule has 4 aromatic carbocycles. The minimum absolute atomic E-state index is 0.113. The van der Waals surface area contributed by atoms with E-state index >= 15 is 0 Å². The van der Waals surface area contributed by atoms with E-state index in [-0.39, 0.29) is 23.0 Å². The lowest BCUT2D eigenvalue weighted by molar-refractivity contribution is -0.418. The van der Waals surface area contributed by atoms with E-state index in [0.717, 1.165) is 11.1 Å². The van der Waals surface area contributed by atoms with E-state index in [1.54, 1.807) is 98.8 Å². The van der Waals surface area contributed by atoms with Crippen molar-refractivity contribution in [3.05, 3.63) is 131 Å². The molecule has 0 radical (unpaired) electrons. The molecule has 2 N–H and O–H groups in total. The summed E-state index contributed by atoms with van der Waals surface area (Å²) in [7, 11) is -8.65. The first-order chi connectivity index (χ1) is 22.9. The second-order valence-electron chi connectivity index (χ2n) is 10.9. The van der Waals surface area contributed by atoms with Crippen LogP contribution in [0.1, 0.15) is 22.3 Å². The van der Waals surface area contributed by atoms with Crippen LogP contribution >= 0.6 is 0 Å². The summed E-state index contributed by atoms with van der Waals surface area (Å²) in [6.45, 7) is 1.64. The Morgan fingerprint density at radius 2 is 0.854 bits per heavy atom. The lowest BCUT2D eigenvalue weighted by atomic mass is 10.0. The topological polar surface area (TPSA) is 164 Å².